The van der Waals surface area contributed by atoms with Gasteiger partial charge in [-0.25, -0.2) is 4.79 Å². The van der Waals surface area contributed by atoms with Crippen LogP contribution < -0.4 is 5.32 Å². The van der Waals surface area contributed by atoms with Gasteiger partial charge in [-0.1, -0.05) is 0 Å². The summed E-state index contributed by atoms with van der Waals surface area (Å²) in [7, 11) is 1.23. The van der Waals surface area contributed by atoms with Crippen molar-refractivity contribution in [2.45, 2.75) is 18.7 Å². The zero-order chi connectivity index (χ0) is 9.07. The summed E-state index contributed by atoms with van der Waals surface area (Å²) in [6, 6.07) is 0. The molecule has 0 bridgehead atoms. The van der Waals surface area contributed by atoms with Crippen LogP contribution in [0.3, 0.4) is 0 Å². The monoisotopic (exact) mass is 177 g/mol. The molecule has 0 rings (SSSR count). The molecule has 0 unspecified atom stereocenters. The van der Waals surface area contributed by atoms with Crippen molar-refractivity contribution in [3.05, 3.63) is 0 Å². The fourth-order valence-corrected chi connectivity index (χ4v) is 0.841. The van der Waals surface area contributed by atoms with E-state index in [4.69, 9.17) is 0 Å². The molecule has 0 fully saturated rings. The van der Waals surface area contributed by atoms with Crippen LogP contribution in [0, 0.1) is 0 Å². The predicted molar refractivity (Wildman–Crippen MR) is 43.2 cm³/mol. The zero-order valence-electron chi connectivity index (χ0n) is 6.67. The number of nitrogens with one attached hydrogen (secondary N) is 1. The highest BCUT2D eigenvalue weighted by molar-refractivity contribution is 7.82. The molecule has 0 saturated carbocycles. The van der Waals surface area contributed by atoms with E-state index in [0.29, 0.717) is 0 Å². The van der Waals surface area contributed by atoms with Crippen molar-refractivity contribution in [2.75, 3.05) is 7.11 Å². The molecule has 0 radical (unpaired) electrons. The number of carbonyl (C=O) groups excluding carboxylic acids is 2. The van der Waals surface area contributed by atoms with Crippen LogP contribution in [0.25, 0.3) is 0 Å². The van der Waals surface area contributed by atoms with Crippen molar-refractivity contribution in [2.24, 2.45) is 0 Å². The first-order valence-electron chi connectivity index (χ1n) is 2.99. The van der Waals surface area contributed by atoms with Crippen LogP contribution >= 0.6 is 12.6 Å². The Bertz CT molecular complexity index is 179. The Morgan fingerprint density at radius 2 is 2.00 bits per heavy atom. The van der Waals surface area contributed by atoms with Crippen LogP contribution in [-0.2, 0) is 14.3 Å². The van der Waals surface area contributed by atoms with E-state index < -0.39 is 10.8 Å². The molecular weight excluding hydrogens is 166 g/mol. The summed E-state index contributed by atoms with van der Waals surface area (Å²) in [6.45, 7) is 2.75. The van der Waals surface area contributed by atoms with Gasteiger partial charge in [0.05, 0.1) is 7.11 Å². The maximum atomic E-state index is 10.9. The van der Waals surface area contributed by atoms with Gasteiger partial charge in [0.1, 0.15) is 0 Å². The van der Waals surface area contributed by atoms with Crippen molar-refractivity contribution in [1.29, 1.82) is 0 Å². The molecule has 0 aliphatic rings. The standard InChI is InChI=1S/C6H11NO3S/c1-4(8)7-6(2,11)5(9)10-3/h11H,1-3H3,(H,7,8)/t6-/m0/s1. The number of carbonyl (C=O) groups is 2. The topological polar surface area (TPSA) is 55.4 Å². The Hall–Kier alpha value is -0.710. The van der Waals surface area contributed by atoms with Crippen LogP contribution in [0.5, 0.6) is 0 Å². The average Bonchev–Trinajstić information content (AvgIpc) is 1.83. The van der Waals surface area contributed by atoms with Crippen molar-refractivity contribution in [3.63, 3.8) is 0 Å². The second-order valence-corrected chi connectivity index (χ2v) is 3.14. The minimum absolute atomic E-state index is 0.326. The minimum Gasteiger partial charge on any atom is -0.467 e. The molecule has 4 nitrogen and oxygen atoms in total. The molecule has 64 valence electrons. The van der Waals surface area contributed by atoms with Crippen molar-refractivity contribution in [3.8, 4) is 0 Å². The van der Waals surface area contributed by atoms with Gasteiger partial charge >= 0.3 is 5.97 Å². The van der Waals surface area contributed by atoms with Crippen LogP contribution in [0.15, 0.2) is 0 Å². The minimum atomic E-state index is -1.24. The number of hydrogen-bond acceptors (Lipinski definition) is 4. The third kappa shape index (κ3) is 3.27. The lowest BCUT2D eigenvalue weighted by Gasteiger charge is -2.20. The summed E-state index contributed by atoms with van der Waals surface area (Å²) in [5.74, 6) is -0.913. The Labute approximate surface area is 70.7 Å². The summed E-state index contributed by atoms with van der Waals surface area (Å²) in [5.41, 5.74) is 0. The van der Waals surface area contributed by atoms with Crippen molar-refractivity contribution >= 4 is 24.5 Å². The lowest BCUT2D eigenvalue weighted by atomic mass is 10.3. The fourth-order valence-electron chi connectivity index (χ4n) is 0.593. The van der Waals surface area contributed by atoms with E-state index in [1.54, 1.807) is 0 Å². The van der Waals surface area contributed by atoms with Gasteiger partial charge in [-0.3, -0.25) is 4.79 Å². The van der Waals surface area contributed by atoms with Gasteiger partial charge in [0, 0.05) is 6.92 Å². The van der Waals surface area contributed by atoms with E-state index in [1.807, 2.05) is 0 Å². The molecule has 0 aliphatic heterocycles. The maximum absolute atomic E-state index is 10.9. The molecule has 0 aromatic rings. The van der Waals surface area contributed by atoms with Gasteiger partial charge in [-0.2, -0.15) is 0 Å². The lowest BCUT2D eigenvalue weighted by Crippen LogP contribution is -2.47. The van der Waals surface area contributed by atoms with Gasteiger partial charge in [-0.15, -0.1) is 12.6 Å². The second-order valence-electron chi connectivity index (χ2n) is 2.24. The molecule has 1 amide bonds. The first-order chi connectivity index (χ1) is 4.90. The van der Waals surface area contributed by atoms with Crippen molar-refractivity contribution < 1.29 is 14.3 Å². The van der Waals surface area contributed by atoms with Crippen LogP contribution in [0.1, 0.15) is 13.8 Å². The number of hydrogen-bond donors (Lipinski definition) is 2. The maximum Gasteiger partial charge on any atom is 0.341 e. The first kappa shape index (κ1) is 10.3. The number of esters is 1. The van der Waals surface area contributed by atoms with Gasteiger partial charge in [-0.05, 0) is 6.92 Å². The molecule has 0 aliphatic carbocycles. The molecule has 0 saturated heterocycles. The fraction of sp³-hybridized carbons (Fsp3) is 0.667. The highest BCUT2D eigenvalue weighted by atomic mass is 32.1. The van der Waals surface area contributed by atoms with E-state index in [2.05, 4.69) is 22.7 Å². The molecule has 5 heteroatoms. The molecule has 0 aromatic heterocycles. The quantitative estimate of drug-likeness (QED) is 0.353. The Morgan fingerprint density at radius 1 is 1.55 bits per heavy atom. The third-order valence-electron chi connectivity index (χ3n) is 1.00. The van der Waals surface area contributed by atoms with E-state index in [1.165, 1.54) is 21.0 Å². The summed E-state index contributed by atoms with van der Waals surface area (Å²) >= 11 is 3.89. The highest BCUT2D eigenvalue weighted by Gasteiger charge is 2.30. The van der Waals surface area contributed by atoms with Crippen LogP contribution in [0.4, 0.5) is 0 Å². The number of thiol groups is 1. The predicted octanol–water partition coefficient (Wildman–Crippen LogP) is -0.0585. The van der Waals surface area contributed by atoms with Gasteiger partial charge in [0.25, 0.3) is 0 Å². The molecule has 11 heavy (non-hydrogen) atoms. The molecule has 0 spiro atoms. The first-order valence-corrected chi connectivity index (χ1v) is 3.44. The Morgan fingerprint density at radius 3 is 2.27 bits per heavy atom. The number of ether oxygens (including phenoxy) is 1. The highest BCUT2D eigenvalue weighted by Crippen LogP contribution is 2.10. The number of rotatable bonds is 2. The van der Waals surface area contributed by atoms with Crippen LogP contribution in [0.2, 0.25) is 0 Å². The normalized spacial score (nSPS) is 14.9. The summed E-state index contributed by atoms with van der Waals surface area (Å²) < 4.78 is 4.39. The lowest BCUT2D eigenvalue weighted by molar-refractivity contribution is -0.145. The second kappa shape index (κ2) is 3.61. The van der Waals surface area contributed by atoms with Gasteiger partial charge in [0.15, 0.2) is 4.87 Å². The van der Waals surface area contributed by atoms with Crippen molar-refractivity contribution in [1.82, 2.24) is 5.32 Å². The Kier molecular flexibility index (Phi) is 3.38. The van der Waals surface area contributed by atoms with E-state index >= 15 is 0 Å². The zero-order valence-corrected chi connectivity index (χ0v) is 7.57. The van der Waals surface area contributed by atoms with Gasteiger partial charge < -0.3 is 10.1 Å². The third-order valence-corrected chi connectivity index (χ3v) is 1.30. The van der Waals surface area contributed by atoms with E-state index in [-0.39, 0.29) is 5.91 Å². The molecule has 1 N–H and O–H groups in total. The average molecular weight is 177 g/mol. The molecular formula is C6H11NO3S. The summed E-state index contributed by atoms with van der Waals surface area (Å²) in [5, 5.41) is 2.32. The smallest absolute Gasteiger partial charge is 0.341 e. The Balaban J connectivity index is 4.21. The molecule has 0 aromatic carbocycles. The number of methoxy groups -OCH3 is 1. The summed E-state index contributed by atoms with van der Waals surface area (Å²) in [4.78, 5) is 20.1. The van der Waals surface area contributed by atoms with Crippen LogP contribution in [-0.4, -0.2) is 23.9 Å². The van der Waals surface area contributed by atoms with E-state index in [9.17, 15) is 9.59 Å². The van der Waals surface area contributed by atoms with E-state index in [0.717, 1.165) is 0 Å². The molecule has 1 atom stereocenters. The largest absolute Gasteiger partial charge is 0.467 e. The summed E-state index contributed by atoms with van der Waals surface area (Å²) in [6.07, 6.45) is 0. The molecule has 0 heterocycles. The van der Waals surface area contributed by atoms with Gasteiger partial charge in [0.2, 0.25) is 5.91 Å². The number of amides is 1. The SMILES string of the molecule is COC(=O)[C@](C)(S)NC(C)=O.